The van der Waals surface area contributed by atoms with Gasteiger partial charge in [0, 0.05) is 18.5 Å². The van der Waals surface area contributed by atoms with Crippen molar-refractivity contribution in [2.24, 2.45) is 4.99 Å². The number of hydrogen-bond acceptors (Lipinski definition) is 2. The minimum absolute atomic E-state index is 0.576. The summed E-state index contributed by atoms with van der Waals surface area (Å²) < 4.78 is 0. The minimum Gasteiger partial charge on any atom is -0.355 e. The van der Waals surface area contributed by atoms with Crippen molar-refractivity contribution < 1.29 is 0 Å². The average molecular weight is 192 g/mol. The number of allylic oxidation sites excluding steroid dienone is 2. The van der Waals surface area contributed by atoms with Gasteiger partial charge in [0.25, 0.3) is 0 Å². The van der Waals surface area contributed by atoms with Crippen LogP contribution in [0.2, 0.25) is 0 Å². The van der Waals surface area contributed by atoms with E-state index in [1.807, 2.05) is 6.21 Å². The first-order valence-electron chi connectivity index (χ1n) is 5.24. The Bertz CT molecular complexity index is 263. The third-order valence-electron chi connectivity index (χ3n) is 2.50. The van der Waals surface area contributed by atoms with E-state index in [2.05, 4.69) is 43.4 Å². The van der Waals surface area contributed by atoms with E-state index >= 15 is 0 Å². The molecule has 0 N–H and O–H groups in total. The summed E-state index contributed by atoms with van der Waals surface area (Å²) in [5.41, 5.74) is 2.46. The first-order chi connectivity index (χ1) is 6.63. The van der Waals surface area contributed by atoms with Gasteiger partial charge in [-0.1, -0.05) is 19.1 Å². The van der Waals surface area contributed by atoms with Gasteiger partial charge in [-0.05, 0) is 32.3 Å². The highest BCUT2D eigenvalue weighted by Gasteiger charge is 2.11. The molecule has 1 unspecified atom stereocenters. The summed E-state index contributed by atoms with van der Waals surface area (Å²) in [5, 5.41) is 0. The Balaban J connectivity index is 2.62. The Morgan fingerprint density at radius 2 is 2.43 bits per heavy atom. The van der Waals surface area contributed by atoms with E-state index in [1.54, 1.807) is 0 Å². The molecular formula is C12H20N2. The molecule has 1 aliphatic rings. The van der Waals surface area contributed by atoms with Crippen molar-refractivity contribution >= 4 is 6.21 Å². The van der Waals surface area contributed by atoms with Crippen molar-refractivity contribution in [3.05, 3.63) is 23.9 Å². The van der Waals surface area contributed by atoms with Crippen LogP contribution in [0, 0.1) is 0 Å². The molecule has 0 aromatic carbocycles. The summed E-state index contributed by atoms with van der Waals surface area (Å²) in [6.07, 6.45) is 6.28. The molecule has 14 heavy (non-hydrogen) atoms. The Hall–Kier alpha value is -1.05. The molecule has 2 heteroatoms. The Labute approximate surface area is 87.0 Å². The first kappa shape index (κ1) is 11.0. The van der Waals surface area contributed by atoms with Crippen LogP contribution in [0.5, 0.6) is 0 Å². The van der Waals surface area contributed by atoms with Crippen molar-refractivity contribution in [1.29, 1.82) is 0 Å². The lowest BCUT2D eigenvalue weighted by atomic mass is 10.1. The number of rotatable bonds is 4. The van der Waals surface area contributed by atoms with Crippen LogP contribution in [0.4, 0.5) is 0 Å². The fourth-order valence-electron chi connectivity index (χ4n) is 1.48. The number of hydrogen-bond donors (Lipinski definition) is 0. The van der Waals surface area contributed by atoms with E-state index in [4.69, 9.17) is 0 Å². The molecule has 1 atom stereocenters. The fraction of sp³-hybridized carbons (Fsp3) is 0.583. The second kappa shape index (κ2) is 4.99. The van der Waals surface area contributed by atoms with Gasteiger partial charge in [0.05, 0.1) is 0 Å². The molecule has 0 aliphatic carbocycles. The molecule has 2 nitrogen and oxygen atoms in total. The maximum absolute atomic E-state index is 4.35. The van der Waals surface area contributed by atoms with Crippen LogP contribution in [-0.4, -0.2) is 23.8 Å². The maximum atomic E-state index is 4.35. The lowest BCUT2D eigenvalue weighted by molar-refractivity contribution is 0.291. The van der Waals surface area contributed by atoms with Gasteiger partial charge in [-0.3, -0.25) is 4.99 Å². The molecule has 0 aromatic heterocycles. The Kier molecular flexibility index (Phi) is 3.93. The minimum atomic E-state index is 0.576. The topological polar surface area (TPSA) is 15.6 Å². The quantitative estimate of drug-likeness (QED) is 0.625. The molecule has 1 heterocycles. The first-order valence-corrected chi connectivity index (χ1v) is 5.24. The third-order valence-corrected chi connectivity index (χ3v) is 2.50. The van der Waals surface area contributed by atoms with E-state index in [0.29, 0.717) is 6.04 Å². The smallest absolute Gasteiger partial charge is 0.110 e. The molecule has 1 rings (SSSR count). The van der Waals surface area contributed by atoms with Crippen molar-refractivity contribution in [1.82, 2.24) is 4.90 Å². The normalized spacial score (nSPS) is 17.9. The molecule has 0 amide bonds. The predicted molar refractivity (Wildman–Crippen MR) is 62.5 cm³/mol. The highest BCUT2D eigenvalue weighted by Crippen LogP contribution is 2.14. The highest BCUT2D eigenvalue weighted by molar-refractivity contribution is 5.79. The van der Waals surface area contributed by atoms with Gasteiger partial charge < -0.3 is 4.90 Å². The molecule has 1 aliphatic heterocycles. The van der Waals surface area contributed by atoms with Gasteiger partial charge in [-0.2, -0.15) is 0 Å². The van der Waals surface area contributed by atoms with Gasteiger partial charge in [0.2, 0.25) is 0 Å². The Morgan fingerprint density at radius 3 is 3.00 bits per heavy atom. The fourth-order valence-corrected chi connectivity index (χ4v) is 1.48. The second-order valence-corrected chi connectivity index (χ2v) is 4.06. The SMILES string of the molecule is C=C(C)CC1=CN(C(C)CC)CN=C1. The molecule has 0 radical (unpaired) electrons. The molecule has 0 bridgehead atoms. The molecule has 0 saturated carbocycles. The second-order valence-electron chi connectivity index (χ2n) is 4.06. The van der Waals surface area contributed by atoms with Crippen molar-refractivity contribution in [2.75, 3.05) is 6.67 Å². The molecule has 0 aromatic rings. The predicted octanol–water partition coefficient (Wildman–Crippen LogP) is 2.98. The lowest BCUT2D eigenvalue weighted by Crippen LogP contribution is -2.30. The number of nitrogens with zero attached hydrogens (tertiary/aromatic N) is 2. The molecule has 0 spiro atoms. The highest BCUT2D eigenvalue weighted by atomic mass is 15.2. The van der Waals surface area contributed by atoms with Crippen LogP contribution >= 0.6 is 0 Å². The third kappa shape index (κ3) is 3.02. The average Bonchev–Trinajstić information content (AvgIpc) is 2.16. The zero-order valence-electron chi connectivity index (χ0n) is 9.45. The van der Waals surface area contributed by atoms with E-state index in [-0.39, 0.29) is 0 Å². The monoisotopic (exact) mass is 192 g/mol. The van der Waals surface area contributed by atoms with Gasteiger partial charge in [0.1, 0.15) is 6.67 Å². The zero-order chi connectivity index (χ0) is 10.6. The summed E-state index contributed by atoms with van der Waals surface area (Å²) in [4.78, 5) is 6.64. The van der Waals surface area contributed by atoms with Crippen molar-refractivity contribution in [2.45, 2.75) is 39.7 Å². The zero-order valence-corrected chi connectivity index (χ0v) is 9.45. The van der Waals surface area contributed by atoms with Gasteiger partial charge in [-0.25, -0.2) is 0 Å². The molecule has 0 saturated heterocycles. The van der Waals surface area contributed by atoms with Crippen LogP contribution in [0.15, 0.2) is 28.9 Å². The summed E-state index contributed by atoms with van der Waals surface area (Å²) in [7, 11) is 0. The van der Waals surface area contributed by atoms with E-state index in [0.717, 1.165) is 19.5 Å². The number of aliphatic imine (C=N–C) groups is 1. The van der Waals surface area contributed by atoms with Gasteiger partial charge >= 0.3 is 0 Å². The summed E-state index contributed by atoms with van der Waals surface area (Å²) in [6.45, 7) is 11.2. The lowest BCUT2D eigenvalue weighted by Gasteiger charge is -2.28. The molecule has 0 fully saturated rings. The van der Waals surface area contributed by atoms with Crippen LogP contribution in [0.3, 0.4) is 0 Å². The summed E-state index contributed by atoms with van der Waals surface area (Å²) in [5.74, 6) is 0. The van der Waals surface area contributed by atoms with E-state index in [9.17, 15) is 0 Å². The van der Waals surface area contributed by atoms with Gasteiger partial charge in [0.15, 0.2) is 0 Å². The molecular weight excluding hydrogens is 172 g/mol. The molecule has 78 valence electrons. The van der Waals surface area contributed by atoms with Crippen LogP contribution in [0.1, 0.15) is 33.6 Å². The van der Waals surface area contributed by atoms with Gasteiger partial charge in [-0.15, -0.1) is 0 Å². The van der Waals surface area contributed by atoms with Crippen LogP contribution in [0.25, 0.3) is 0 Å². The summed E-state index contributed by atoms with van der Waals surface area (Å²) >= 11 is 0. The van der Waals surface area contributed by atoms with Crippen LogP contribution < -0.4 is 0 Å². The van der Waals surface area contributed by atoms with Crippen LogP contribution in [-0.2, 0) is 0 Å². The maximum Gasteiger partial charge on any atom is 0.110 e. The largest absolute Gasteiger partial charge is 0.355 e. The Morgan fingerprint density at radius 1 is 1.71 bits per heavy atom. The van der Waals surface area contributed by atoms with E-state index < -0.39 is 0 Å². The standard InChI is InChI=1S/C12H20N2/c1-5-11(4)14-8-12(6-10(2)3)7-13-9-14/h7-8,11H,2,5-6,9H2,1,3-4H3. The van der Waals surface area contributed by atoms with Crippen molar-refractivity contribution in [3.63, 3.8) is 0 Å². The van der Waals surface area contributed by atoms with E-state index in [1.165, 1.54) is 11.1 Å². The van der Waals surface area contributed by atoms with Crippen molar-refractivity contribution in [3.8, 4) is 0 Å². The summed E-state index contributed by atoms with van der Waals surface area (Å²) in [6, 6.07) is 0.576.